The van der Waals surface area contributed by atoms with Crippen LogP contribution >= 0.6 is 0 Å². The van der Waals surface area contributed by atoms with Crippen LogP contribution in [-0.2, 0) is 9.84 Å². The van der Waals surface area contributed by atoms with Crippen LogP contribution in [0.25, 0.3) is 0 Å². The summed E-state index contributed by atoms with van der Waals surface area (Å²) < 4.78 is 22.5. The summed E-state index contributed by atoms with van der Waals surface area (Å²) in [6.45, 7) is 0.957. The summed E-state index contributed by atoms with van der Waals surface area (Å²) >= 11 is 0. The summed E-state index contributed by atoms with van der Waals surface area (Å²) in [5.41, 5.74) is 0. The molecule has 0 aromatic heterocycles. The molecule has 4 heteroatoms. The molecule has 0 saturated carbocycles. The zero-order valence-electron chi connectivity index (χ0n) is 6.91. The Labute approximate surface area is 73.5 Å². The van der Waals surface area contributed by atoms with Crippen LogP contribution in [0.15, 0.2) is 0 Å². The fourth-order valence-electron chi connectivity index (χ4n) is 1.39. The van der Waals surface area contributed by atoms with Crippen molar-refractivity contribution in [2.75, 3.05) is 18.8 Å². The zero-order valence-corrected chi connectivity index (χ0v) is 7.73. The topological polar surface area (TPSA) is 46.2 Å². The summed E-state index contributed by atoms with van der Waals surface area (Å²) in [5, 5.41) is 2.71. The third kappa shape index (κ3) is 2.23. The lowest BCUT2D eigenvalue weighted by molar-refractivity contribution is 0.581. The fourth-order valence-corrected chi connectivity index (χ4v) is 3.19. The third-order valence-corrected chi connectivity index (χ3v) is 4.34. The van der Waals surface area contributed by atoms with Crippen LogP contribution in [0.4, 0.5) is 0 Å². The van der Waals surface area contributed by atoms with Gasteiger partial charge in [0.2, 0.25) is 0 Å². The maximum Gasteiger partial charge on any atom is 0.154 e. The van der Waals surface area contributed by atoms with E-state index in [2.05, 4.69) is 11.2 Å². The van der Waals surface area contributed by atoms with Gasteiger partial charge in [0.25, 0.3) is 0 Å². The summed E-state index contributed by atoms with van der Waals surface area (Å²) in [6.07, 6.45) is 6.59. The highest BCUT2D eigenvalue weighted by Gasteiger charge is 2.30. The van der Waals surface area contributed by atoms with E-state index in [-0.39, 0.29) is 5.25 Å². The van der Waals surface area contributed by atoms with E-state index in [0.29, 0.717) is 18.8 Å². The molecule has 0 aliphatic carbocycles. The second-order valence-electron chi connectivity index (χ2n) is 2.97. The van der Waals surface area contributed by atoms with Crippen molar-refractivity contribution in [3.8, 4) is 12.3 Å². The van der Waals surface area contributed by atoms with Crippen molar-refractivity contribution in [2.24, 2.45) is 0 Å². The average molecular weight is 187 g/mol. The highest BCUT2D eigenvalue weighted by molar-refractivity contribution is 7.92. The molecule has 1 heterocycles. The molecule has 1 aliphatic heterocycles. The van der Waals surface area contributed by atoms with Crippen LogP contribution < -0.4 is 5.32 Å². The van der Waals surface area contributed by atoms with E-state index in [9.17, 15) is 8.42 Å². The minimum Gasteiger partial charge on any atom is -0.305 e. The number of nitrogens with one attached hydrogen (secondary N) is 1. The number of hydrogen-bond donors (Lipinski definition) is 1. The van der Waals surface area contributed by atoms with Crippen LogP contribution in [0.1, 0.15) is 12.8 Å². The predicted octanol–water partition coefficient (Wildman–Crippen LogP) is -0.214. The largest absolute Gasteiger partial charge is 0.305 e. The molecule has 0 radical (unpaired) electrons. The Bertz CT molecular complexity index is 276. The molecule has 0 aromatic rings. The molecule has 1 rings (SSSR count). The smallest absolute Gasteiger partial charge is 0.154 e. The average Bonchev–Trinajstić information content (AvgIpc) is 2.32. The van der Waals surface area contributed by atoms with Crippen molar-refractivity contribution in [3.05, 3.63) is 0 Å². The molecule has 0 aromatic carbocycles. The monoisotopic (exact) mass is 187 g/mol. The van der Waals surface area contributed by atoms with Gasteiger partial charge in [0.05, 0.1) is 17.5 Å². The Morgan fingerprint density at radius 2 is 2.33 bits per heavy atom. The normalized spacial score (nSPS) is 26.8. The van der Waals surface area contributed by atoms with Gasteiger partial charge in [-0.15, -0.1) is 6.42 Å². The van der Waals surface area contributed by atoms with Gasteiger partial charge in [-0.3, -0.25) is 0 Å². The number of terminal acetylenes is 1. The van der Waals surface area contributed by atoms with Crippen molar-refractivity contribution in [3.63, 3.8) is 0 Å². The number of sulfone groups is 1. The van der Waals surface area contributed by atoms with Crippen molar-refractivity contribution in [2.45, 2.75) is 18.1 Å². The first-order valence-corrected chi connectivity index (χ1v) is 5.74. The quantitative estimate of drug-likeness (QED) is 0.491. The molecule has 12 heavy (non-hydrogen) atoms. The first kappa shape index (κ1) is 9.56. The van der Waals surface area contributed by atoms with Crippen LogP contribution in [0.3, 0.4) is 0 Å². The van der Waals surface area contributed by atoms with Gasteiger partial charge in [-0.1, -0.05) is 5.92 Å². The number of hydrogen-bond acceptors (Lipinski definition) is 3. The minimum atomic E-state index is -2.80. The van der Waals surface area contributed by atoms with Crippen LogP contribution in [0.5, 0.6) is 0 Å². The lowest BCUT2D eigenvalue weighted by Crippen LogP contribution is -2.30. The SMILES string of the molecule is C#CCNCC1CCCS1(=O)=O. The van der Waals surface area contributed by atoms with Crippen LogP contribution in [0.2, 0.25) is 0 Å². The van der Waals surface area contributed by atoms with Gasteiger partial charge in [-0.25, -0.2) is 8.42 Å². The fraction of sp³-hybridized carbons (Fsp3) is 0.750. The van der Waals surface area contributed by atoms with Gasteiger partial charge >= 0.3 is 0 Å². The molecule has 1 atom stereocenters. The Morgan fingerprint density at radius 3 is 2.83 bits per heavy atom. The highest BCUT2D eigenvalue weighted by atomic mass is 32.2. The molecule has 0 spiro atoms. The van der Waals surface area contributed by atoms with Crippen molar-refractivity contribution in [1.29, 1.82) is 0 Å². The lowest BCUT2D eigenvalue weighted by atomic mass is 10.2. The van der Waals surface area contributed by atoms with Crippen molar-refractivity contribution >= 4 is 9.84 Å². The molecule has 1 fully saturated rings. The predicted molar refractivity (Wildman–Crippen MR) is 48.5 cm³/mol. The first-order valence-electron chi connectivity index (χ1n) is 4.02. The van der Waals surface area contributed by atoms with Gasteiger partial charge in [0.15, 0.2) is 9.84 Å². The summed E-state index contributed by atoms with van der Waals surface area (Å²) in [7, 11) is -2.80. The second-order valence-corrected chi connectivity index (χ2v) is 5.37. The summed E-state index contributed by atoms with van der Waals surface area (Å²) in [4.78, 5) is 0. The third-order valence-electron chi connectivity index (χ3n) is 2.06. The standard InChI is InChI=1S/C8H13NO2S/c1-2-5-9-7-8-4-3-6-12(8,10)11/h1,8-9H,3-7H2. The van der Waals surface area contributed by atoms with E-state index < -0.39 is 9.84 Å². The zero-order chi connectivity index (χ0) is 9.03. The maximum absolute atomic E-state index is 11.3. The summed E-state index contributed by atoms with van der Waals surface area (Å²) in [5.74, 6) is 2.76. The van der Waals surface area contributed by atoms with E-state index in [0.717, 1.165) is 12.8 Å². The van der Waals surface area contributed by atoms with E-state index in [1.54, 1.807) is 0 Å². The van der Waals surface area contributed by atoms with Gasteiger partial charge in [0.1, 0.15) is 0 Å². The molecule has 1 unspecified atom stereocenters. The first-order chi connectivity index (χ1) is 5.67. The summed E-state index contributed by atoms with van der Waals surface area (Å²) in [6, 6.07) is 0. The molecule has 0 amide bonds. The van der Waals surface area contributed by atoms with E-state index in [1.807, 2.05) is 0 Å². The van der Waals surface area contributed by atoms with Crippen molar-refractivity contribution < 1.29 is 8.42 Å². The highest BCUT2D eigenvalue weighted by Crippen LogP contribution is 2.18. The van der Waals surface area contributed by atoms with Crippen LogP contribution in [0, 0.1) is 12.3 Å². The van der Waals surface area contributed by atoms with Crippen molar-refractivity contribution in [1.82, 2.24) is 5.32 Å². The van der Waals surface area contributed by atoms with Crippen LogP contribution in [-0.4, -0.2) is 32.5 Å². The Balaban J connectivity index is 2.39. The molecule has 1 aliphatic rings. The van der Waals surface area contributed by atoms with E-state index in [1.165, 1.54) is 0 Å². The van der Waals surface area contributed by atoms with E-state index in [4.69, 9.17) is 6.42 Å². The van der Waals surface area contributed by atoms with E-state index >= 15 is 0 Å². The molecule has 3 nitrogen and oxygen atoms in total. The van der Waals surface area contributed by atoms with Gasteiger partial charge in [-0.2, -0.15) is 0 Å². The molecule has 1 saturated heterocycles. The minimum absolute atomic E-state index is 0.203. The lowest BCUT2D eigenvalue weighted by Gasteiger charge is -2.07. The van der Waals surface area contributed by atoms with Gasteiger partial charge < -0.3 is 5.32 Å². The molecule has 0 bridgehead atoms. The molecule has 68 valence electrons. The molecular formula is C8H13NO2S. The molecular weight excluding hydrogens is 174 g/mol. The Kier molecular flexibility index (Phi) is 3.12. The Morgan fingerprint density at radius 1 is 1.58 bits per heavy atom. The maximum atomic E-state index is 11.3. The Hall–Kier alpha value is -0.530. The van der Waals surface area contributed by atoms with Gasteiger partial charge in [0, 0.05) is 6.54 Å². The molecule has 1 N–H and O–H groups in total. The second kappa shape index (κ2) is 3.92. The number of rotatable bonds is 3. The van der Waals surface area contributed by atoms with Gasteiger partial charge in [-0.05, 0) is 12.8 Å².